The van der Waals surface area contributed by atoms with E-state index in [1.165, 1.54) is 18.4 Å². The number of Topliss-reactive ketones (excluding diaryl/α,β-unsaturated/α-hetero) is 1. The third-order valence-electron chi connectivity index (χ3n) is 3.07. The Balaban J connectivity index is 2.09. The summed E-state index contributed by atoms with van der Waals surface area (Å²) in [7, 11) is 0. The molecule has 0 N–H and O–H groups in total. The topological polar surface area (TPSA) is 30.0 Å². The van der Waals surface area contributed by atoms with E-state index in [0.717, 1.165) is 11.6 Å². The number of pyridine rings is 1. The van der Waals surface area contributed by atoms with Gasteiger partial charge in [0.25, 0.3) is 0 Å². The summed E-state index contributed by atoms with van der Waals surface area (Å²) in [4.78, 5) is 16.2. The molecule has 1 aliphatic carbocycles. The minimum atomic E-state index is -0.267. The van der Waals surface area contributed by atoms with Crippen molar-refractivity contribution in [3.05, 3.63) is 29.6 Å². The van der Waals surface area contributed by atoms with Crippen molar-refractivity contribution in [2.75, 3.05) is 0 Å². The largest absolute Gasteiger partial charge is 0.299 e. The van der Waals surface area contributed by atoms with Crippen LogP contribution in [0.3, 0.4) is 0 Å². The van der Waals surface area contributed by atoms with Gasteiger partial charge in [-0.15, -0.1) is 0 Å². The first-order valence-electron chi connectivity index (χ1n) is 5.95. The van der Waals surface area contributed by atoms with Crippen LogP contribution in [0.25, 0.3) is 0 Å². The van der Waals surface area contributed by atoms with Crippen LogP contribution in [0.2, 0.25) is 0 Å². The van der Waals surface area contributed by atoms with Gasteiger partial charge in [0.05, 0.1) is 0 Å². The normalized spacial score (nSPS) is 16.2. The Bertz CT molecular complexity index is 399. The van der Waals surface area contributed by atoms with Gasteiger partial charge in [-0.1, -0.05) is 20.8 Å². The van der Waals surface area contributed by atoms with Crippen LogP contribution >= 0.6 is 0 Å². The lowest BCUT2D eigenvalue weighted by atomic mass is 9.88. The van der Waals surface area contributed by atoms with Crippen molar-refractivity contribution in [3.63, 3.8) is 0 Å². The monoisotopic (exact) mass is 217 g/mol. The summed E-state index contributed by atoms with van der Waals surface area (Å²) < 4.78 is 0. The maximum Gasteiger partial charge on any atom is 0.144 e. The first-order valence-corrected chi connectivity index (χ1v) is 5.95. The molecule has 0 amide bonds. The summed E-state index contributed by atoms with van der Waals surface area (Å²) >= 11 is 0. The van der Waals surface area contributed by atoms with Crippen LogP contribution in [0.1, 0.15) is 50.8 Å². The molecular weight excluding hydrogens is 198 g/mol. The van der Waals surface area contributed by atoms with Crippen molar-refractivity contribution in [1.82, 2.24) is 4.98 Å². The summed E-state index contributed by atoms with van der Waals surface area (Å²) in [6.45, 7) is 5.88. The zero-order valence-electron chi connectivity index (χ0n) is 10.3. The van der Waals surface area contributed by atoms with Crippen molar-refractivity contribution >= 4 is 5.78 Å². The molecular formula is C14H19NO. The molecule has 0 saturated heterocycles. The number of carbonyl (C=O) groups excluding carboxylic acids is 1. The van der Waals surface area contributed by atoms with Crippen LogP contribution < -0.4 is 0 Å². The number of nitrogens with zero attached hydrogens (tertiary/aromatic N) is 1. The Kier molecular flexibility index (Phi) is 2.83. The van der Waals surface area contributed by atoms with Crippen molar-refractivity contribution in [3.8, 4) is 0 Å². The lowest BCUT2D eigenvalue weighted by Gasteiger charge is -2.16. The quantitative estimate of drug-likeness (QED) is 0.778. The molecule has 1 aliphatic rings. The Labute approximate surface area is 97.1 Å². The molecule has 1 heterocycles. The van der Waals surface area contributed by atoms with Crippen molar-refractivity contribution in [2.45, 2.75) is 46.0 Å². The molecule has 2 heteroatoms. The van der Waals surface area contributed by atoms with E-state index in [1.54, 1.807) is 0 Å². The summed E-state index contributed by atoms with van der Waals surface area (Å²) in [6.07, 6.45) is 4.87. The third-order valence-corrected chi connectivity index (χ3v) is 3.07. The van der Waals surface area contributed by atoms with Gasteiger partial charge < -0.3 is 0 Å². The molecule has 0 bridgehead atoms. The first-order chi connectivity index (χ1) is 7.47. The number of rotatable bonds is 3. The molecule has 0 atom stereocenters. The zero-order chi connectivity index (χ0) is 11.8. The molecule has 2 nitrogen and oxygen atoms in total. The Morgan fingerprint density at radius 1 is 1.44 bits per heavy atom. The molecule has 0 unspecified atom stereocenters. The standard InChI is InChI=1S/C14H19NO/c1-14(2,3)13(16)9-12-8-11(6-7-15-12)10-4-5-10/h6-8,10H,4-5,9H2,1-3H3. The zero-order valence-corrected chi connectivity index (χ0v) is 10.3. The fourth-order valence-electron chi connectivity index (χ4n) is 1.69. The van der Waals surface area contributed by atoms with Gasteiger partial charge in [-0.25, -0.2) is 0 Å². The number of carbonyl (C=O) groups is 1. The third kappa shape index (κ3) is 2.69. The average Bonchev–Trinajstić information content (AvgIpc) is 2.99. The van der Waals surface area contributed by atoms with Gasteiger partial charge in [0, 0.05) is 23.7 Å². The molecule has 0 aromatic carbocycles. The average molecular weight is 217 g/mol. The lowest BCUT2D eigenvalue weighted by molar-refractivity contribution is -0.125. The summed E-state index contributed by atoms with van der Waals surface area (Å²) in [5, 5.41) is 0. The smallest absolute Gasteiger partial charge is 0.144 e. The minimum absolute atomic E-state index is 0.257. The van der Waals surface area contributed by atoms with Gasteiger partial charge in [0.15, 0.2) is 0 Å². The molecule has 2 rings (SSSR count). The maximum atomic E-state index is 11.9. The van der Waals surface area contributed by atoms with Crippen molar-refractivity contribution in [1.29, 1.82) is 0 Å². The lowest BCUT2D eigenvalue weighted by Crippen LogP contribution is -2.22. The summed E-state index contributed by atoms with van der Waals surface area (Å²) in [6, 6.07) is 4.17. The highest BCUT2D eigenvalue weighted by Crippen LogP contribution is 2.39. The van der Waals surface area contributed by atoms with Gasteiger partial charge in [0.2, 0.25) is 0 Å². The number of hydrogen-bond acceptors (Lipinski definition) is 2. The summed E-state index contributed by atoms with van der Waals surface area (Å²) in [5.41, 5.74) is 2.01. The molecule has 16 heavy (non-hydrogen) atoms. The second-order valence-corrected chi connectivity index (χ2v) is 5.70. The van der Waals surface area contributed by atoms with E-state index in [2.05, 4.69) is 17.1 Å². The molecule has 86 valence electrons. The number of aromatic nitrogens is 1. The first kappa shape index (κ1) is 11.3. The Hall–Kier alpha value is -1.18. The second-order valence-electron chi connectivity index (χ2n) is 5.70. The van der Waals surface area contributed by atoms with Crippen molar-refractivity contribution in [2.24, 2.45) is 5.41 Å². The number of hydrogen-bond donors (Lipinski definition) is 0. The predicted molar refractivity (Wildman–Crippen MR) is 64.4 cm³/mol. The highest BCUT2D eigenvalue weighted by atomic mass is 16.1. The molecule has 1 saturated carbocycles. The van der Waals surface area contributed by atoms with Gasteiger partial charge in [0.1, 0.15) is 5.78 Å². The highest BCUT2D eigenvalue weighted by Gasteiger charge is 2.25. The Morgan fingerprint density at radius 2 is 2.12 bits per heavy atom. The molecule has 1 aromatic heterocycles. The molecule has 0 spiro atoms. The van der Waals surface area contributed by atoms with Crippen LogP contribution in [0.5, 0.6) is 0 Å². The van der Waals surface area contributed by atoms with Gasteiger partial charge in [-0.2, -0.15) is 0 Å². The van der Waals surface area contributed by atoms with Crippen LogP contribution in [0.4, 0.5) is 0 Å². The summed E-state index contributed by atoms with van der Waals surface area (Å²) in [5.74, 6) is 0.986. The fourth-order valence-corrected chi connectivity index (χ4v) is 1.69. The highest BCUT2D eigenvalue weighted by molar-refractivity contribution is 5.85. The van der Waals surface area contributed by atoms with Crippen LogP contribution in [0, 0.1) is 5.41 Å². The van der Waals surface area contributed by atoms with E-state index in [9.17, 15) is 4.79 Å². The molecule has 1 aromatic rings. The van der Waals surface area contributed by atoms with E-state index >= 15 is 0 Å². The van der Waals surface area contributed by atoms with Crippen LogP contribution in [-0.4, -0.2) is 10.8 Å². The van der Waals surface area contributed by atoms with E-state index < -0.39 is 0 Å². The predicted octanol–water partition coefficient (Wildman–Crippen LogP) is 3.12. The van der Waals surface area contributed by atoms with E-state index in [1.807, 2.05) is 27.0 Å². The van der Waals surface area contributed by atoms with E-state index in [0.29, 0.717) is 6.42 Å². The molecule has 0 radical (unpaired) electrons. The molecule has 0 aliphatic heterocycles. The van der Waals surface area contributed by atoms with Gasteiger partial charge >= 0.3 is 0 Å². The van der Waals surface area contributed by atoms with Crippen LogP contribution in [0.15, 0.2) is 18.3 Å². The fraction of sp³-hybridized carbons (Fsp3) is 0.571. The van der Waals surface area contributed by atoms with E-state index in [4.69, 9.17) is 0 Å². The number of ketones is 1. The maximum absolute atomic E-state index is 11.9. The van der Waals surface area contributed by atoms with Gasteiger partial charge in [-0.3, -0.25) is 9.78 Å². The SMILES string of the molecule is CC(C)(C)C(=O)Cc1cc(C2CC2)ccn1. The Morgan fingerprint density at radius 3 is 2.69 bits per heavy atom. The van der Waals surface area contributed by atoms with Crippen molar-refractivity contribution < 1.29 is 4.79 Å². The minimum Gasteiger partial charge on any atom is -0.299 e. The second kappa shape index (κ2) is 4.00. The van der Waals surface area contributed by atoms with Crippen LogP contribution in [-0.2, 0) is 11.2 Å². The van der Waals surface area contributed by atoms with E-state index in [-0.39, 0.29) is 11.2 Å². The molecule has 1 fully saturated rings. The van der Waals surface area contributed by atoms with Gasteiger partial charge in [-0.05, 0) is 36.5 Å².